The third-order valence-corrected chi connectivity index (χ3v) is 5.35. The van der Waals surface area contributed by atoms with Crippen molar-refractivity contribution in [1.82, 2.24) is 4.90 Å². The maximum atomic E-state index is 12.7. The van der Waals surface area contributed by atoms with Crippen LogP contribution in [0.5, 0.6) is 0 Å². The summed E-state index contributed by atoms with van der Waals surface area (Å²) in [5.74, 6) is -1.13. The Morgan fingerprint density at radius 3 is 2.72 bits per heavy atom. The summed E-state index contributed by atoms with van der Waals surface area (Å²) in [6, 6.07) is 7.88. The van der Waals surface area contributed by atoms with E-state index in [1.54, 1.807) is 7.05 Å². The molecule has 0 bridgehead atoms. The van der Waals surface area contributed by atoms with Crippen LogP contribution < -0.4 is 4.90 Å². The van der Waals surface area contributed by atoms with Gasteiger partial charge in [-0.25, -0.2) is 4.79 Å². The fourth-order valence-electron chi connectivity index (χ4n) is 2.92. The number of anilines is 1. The standard InChI is InChI=1S/C19H21N3O6S/c1-20(12-15-3-2-10-29-15)18(23)13-28-19(24)16-11-14(22(25)26)4-5-17(16)21-6-8-27-9-7-21/h2-5,10-11H,6-9,12-13H2,1H3. The first-order valence-corrected chi connectivity index (χ1v) is 9.88. The molecule has 3 rings (SSSR count). The van der Waals surface area contributed by atoms with Gasteiger partial charge in [0.15, 0.2) is 6.61 Å². The highest BCUT2D eigenvalue weighted by Gasteiger charge is 2.24. The quantitative estimate of drug-likeness (QED) is 0.385. The van der Waals surface area contributed by atoms with Gasteiger partial charge >= 0.3 is 5.97 Å². The Hall–Kier alpha value is -2.98. The Balaban J connectivity index is 1.70. The molecule has 0 unspecified atom stereocenters. The highest BCUT2D eigenvalue weighted by Crippen LogP contribution is 2.27. The number of rotatable bonds is 7. The van der Waals surface area contributed by atoms with Crippen molar-refractivity contribution >= 4 is 34.6 Å². The van der Waals surface area contributed by atoms with Crippen molar-refractivity contribution in [2.24, 2.45) is 0 Å². The maximum absolute atomic E-state index is 12.7. The van der Waals surface area contributed by atoms with Gasteiger partial charge in [-0.1, -0.05) is 6.07 Å². The van der Waals surface area contributed by atoms with Crippen molar-refractivity contribution < 1.29 is 24.0 Å². The zero-order chi connectivity index (χ0) is 20.8. The summed E-state index contributed by atoms with van der Waals surface area (Å²) in [7, 11) is 1.63. The number of likely N-dealkylation sites (N-methyl/N-ethyl adjacent to an activating group) is 1. The Kier molecular flexibility index (Phi) is 6.78. The fraction of sp³-hybridized carbons (Fsp3) is 0.368. The van der Waals surface area contributed by atoms with Crippen molar-refractivity contribution in [2.45, 2.75) is 6.54 Å². The van der Waals surface area contributed by atoms with Crippen LogP contribution in [-0.4, -0.2) is 61.7 Å². The normalized spacial score (nSPS) is 13.8. The van der Waals surface area contributed by atoms with Gasteiger partial charge in [-0.15, -0.1) is 11.3 Å². The lowest BCUT2D eigenvalue weighted by atomic mass is 10.1. The van der Waals surface area contributed by atoms with Crippen molar-refractivity contribution in [3.8, 4) is 0 Å². The van der Waals surface area contributed by atoms with Crippen LogP contribution in [0.2, 0.25) is 0 Å². The summed E-state index contributed by atoms with van der Waals surface area (Å²) >= 11 is 1.53. The number of nitro benzene ring substituents is 1. The first-order chi connectivity index (χ1) is 14.0. The van der Waals surface area contributed by atoms with Crippen molar-refractivity contribution in [3.63, 3.8) is 0 Å². The number of ether oxygens (including phenoxy) is 2. The number of morpholine rings is 1. The number of non-ortho nitro benzene ring substituents is 1. The van der Waals surface area contributed by atoms with E-state index >= 15 is 0 Å². The van der Waals surface area contributed by atoms with E-state index < -0.39 is 17.5 Å². The van der Waals surface area contributed by atoms with E-state index in [1.807, 2.05) is 22.4 Å². The number of hydrogen-bond donors (Lipinski definition) is 0. The molecule has 29 heavy (non-hydrogen) atoms. The Morgan fingerprint density at radius 1 is 1.31 bits per heavy atom. The molecule has 2 heterocycles. The number of nitrogens with zero attached hydrogens (tertiary/aromatic N) is 3. The first kappa shape index (κ1) is 20.7. The minimum atomic E-state index is -0.770. The number of hydrogen-bond acceptors (Lipinski definition) is 8. The SMILES string of the molecule is CN(Cc1cccs1)C(=O)COC(=O)c1cc([N+](=O)[O-])ccc1N1CCOCC1. The third kappa shape index (κ3) is 5.30. The van der Waals surface area contributed by atoms with Gasteiger partial charge in [0.2, 0.25) is 0 Å². The average Bonchev–Trinajstić information content (AvgIpc) is 3.24. The summed E-state index contributed by atoms with van der Waals surface area (Å²) in [6.45, 7) is 2.09. The smallest absolute Gasteiger partial charge is 0.341 e. The predicted molar refractivity (Wildman–Crippen MR) is 107 cm³/mol. The van der Waals surface area contributed by atoms with Gasteiger partial charge in [0.1, 0.15) is 0 Å². The molecule has 1 amide bonds. The van der Waals surface area contributed by atoms with E-state index in [0.717, 1.165) is 4.88 Å². The number of benzene rings is 1. The molecule has 0 N–H and O–H groups in total. The van der Waals surface area contributed by atoms with Crippen LogP contribution in [0.3, 0.4) is 0 Å². The molecule has 1 aliphatic rings. The van der Waals surface area contributed by atoms with Gasteiger partial charge in [0.25, 0.3) is 11.6 Å². The van der Waals surface area contributed by atoms with E-state index in [9.17, 15) is 19.7 Å². The van der Waals surface area contributed by atoms with E-state index in [0.29, 0.717) is 38.5 Å². The number of amides is 1. The maximum Gasteiger partial charge on any atom is 0.341 e. The molecule has 2 aromatic rings. The lowest BCUT2D eigenvalue weighted by Crippen LogP contribution is -2.37. The van der Waals surface area contributed by atoms with Crippen LogP contribution in [0.15, 0.2) is 35.7 Å². The van der Waals surface area contributed by atoms with E-state index in [-0.39, 0.29) is 17.2 Å². The molecule has 0 spiro atoms. The zero-order valence-electron chi connectivity index (χ0n) is 15.9. The van der Waals surface area contributed by atoms with Crippen LogP contribution in [0.4, 0.5) is 11.4 Å². The monoisotopic (exact) mass is 419 g/mol. The summed E-state index contributed by atoms with van der Waals surface area (Å²) < 4.78 is 10.5. The predicted octanol–water partition coefficient (Wildman–Crippen LogP) is 2.31. The number of thiophene rings is 1. The summed E-state index contributed by atoms with van der Waals surface area (Å²) in [5, 5.41) is 13.0. The summed E-state index contributed by atoms with van der Waals surface area (Å²) in [5.41, 5.74) is 0.383. The second kappa shape index (κ2) is 9.48. The highest BCUT2D eigenvalue weighted by atomic mass is 32.1. The van der Waals surface area contributed by atoms with Gasteiger partial charge in [-0.3, -0.25) is 14.9 Å². The van der Waals surface area contributed by atoms with Crippen LogP contribution in [-0.2, 0) is 20.8 Å². The molecule has 0 atom stereocenters. The second-order valence-corrected chi connectivity index (χ2v) is 7.50. The average molecular weight is 419 g/mol. The number of carbonyl (C=O) groups excluding carboxylic acids is 2. The summed E-state index contributed by atoms with van der Waals surface area (Å²) in [6.07, 6.45) is 0. The minimum absolute atomic E-state index is 0.0646. The Morgan fingerprint density at radius 2 is 2.07 bits per heavy atom. The van der Waals surface area contributed by atoms with E-state index in [2.05, 4.69) is 0 Å². The lowest BCUT2D eigenvalue weighted by molar-refractivity contribution is -0.384. The molecule has 1 aromatic carbocycles. The molecule has 1 saturated heterocycles. The first-order valence-electron chi connectivity index (χ1n) is 9.00. The van der Waals surface area contributed by atoms with Gasteiger partial charge in [0.05, 0.1) is 35.9 Å². The molecule has 0 aliphatic carbocycles. The van der Waals surface area contributed by atoms with E-state index in [4.69, 9.17) is 9.47 Å². The van der Waals surface area contributed by atoms with Crippen LogP contribution in [0.1, 0.15) is 15.2 Å². The van der Waals surface area contributed by atoms with Crippen molar-refractivity contribution in [2.75, 3.05) is 44.9 Å². The molecular weight excluding hydrogens is 398 g/mol. The van der Waals surface area contributed by atoms with Crippen LogP contribution >= 0.6 is 11.3 Å². The molecule has 1 aliphatic heterocycles. The van der Waals surface area contributed by atoms with Crippen molar-refractivity contribution in [3.05, 3.63) is 56.3 Å². The molecule has 10 heteroatoms. The molecular formula is C19H21N3O6S. The molecule has 1 aromatic heterocycles. The number of nitro groups is 1. The minimum Gasteiger partial charge on any atom is -0.452 e. The number of esters is 1. The second-order valence-electron chi connectivity index (χ2n) is 6.46. The number of carbonyl (C=O) groups is 2. The molecule has 9 nitrogen and oxygen atoms in total. The Bertz CT molecular complexity index is 880. The third-order valence-electron chi connectivity index (χ3n) is 4.49. The summed E-state index contributed by atoms with van der Waals surface area (Å²) in [4.78, 5) is 39.9. The molecule has 1 fully saturated rings. The van der Waals surface area contributed by atoms with Crippen molar-refractivity contribution in [1.29, 1.82) is 0 Å². The molecule has 154 valence electrons. The largest absolute Gasteiger partial charge is 0.452 e. The zero-order valence-corrected chi connectivity index (χ0v) is 16.7. The van der Waals surface area contributed by atoms with Gasteiger partial charge in [-0.2, -0.15) is 0 Å². The van der Waals surface area contributed by atoms with Gasteiger partial charge in [0, 0.05) is 37.1 Å². The van der Waals surface area contributed by atoms with Gasteiger partial charge < -0.3 is 19.3 Å². The topological polar surface area (TPSA) is 102 Å². The molecule has 0 radical (unpaired) electrons. The fourth-order valence-corrected chi connectivity index (χ4v) is 3.68. The molecule has 0 saturated carbocycles. The van der Waals surface area contributed by atoms with Gasteiger partial charge in [-0.05, 0) is 17.5 Å². The van der Waals surface area contributed by atoms with E-state index in [1.165, 1.54) is 34.4 Å². The highest BCUT2D eigenvalue weighted by molar-refractivity contribution is 7.09. The Labute approximate surface area is 171 Å². The van der Waals surface area contributed by atoms with Crippen LogP contribution in [0.25, 0.3) is 0 Å². The van der Waals surface area contributed by atoms with Crippen LogP contribution in [0, 0.1) is 10.1 Å². The lowest BCUT2D eigenvalue weighted by Gasteiger charge is -2.30.